The van der Waals surface area contributed by atoms with Crippen LogP contribution in [0.25, 0.3) is 0 Å². The second kappa shape index (κ2) is 6.91. The van der Waals surface area contributed by atoms with E-state index in [-0.39, 0.29) is 0 Å². The van der Waals surface area contributed by atoms with Crippen LogP contribution in [0.15, 0.2) is 53.0 Å². The molecule has 0 radical (unpaired) electrons. The SMILES string of the molecule is CC(C)N(Cc1ccccc1)c1cc(Br)ccc1CN. The van der Waals surface area contributed by atoms with E-state index in [9.17, 15) is 0 Å². The van der Waals surface area contributed by atoms with Gasteiger partial charge in [-0.3, -0.25) is 0 Å². The van der Waals surface area contributed by atoms with Crippen LogP contribution < -0.4 is 10.6 Å². The fraction of sp³-hybridized carbons (Fsp3) is 0.294. The maximum absolute atomic E-state index is 5.89. The fourth-order valence-electron chi connectivity index (χ4n) is 2.30. The highest BCUT2D eigenvalue weighted by Gasteiger charge is 2.15. The molecule has 0 bridgehead atoms. The quantitative estimate of drug-likeness (QED) is 0.883. The topological polar surface area (TPSA) is 29.3 Å². The molecule has 106 valence electrons. The molecule has 0 unspecified atom stereocenters. The molecule has 2 nitrogen and oxygen atoms in total. The Morgan fingerprint density at radius 1 is 1.10 bits per heavy atom. The standard InChI is InChI=1S/C17H21BrN2/c1-13(2)20(12-14-6-4-3-5-7-14)17-10-16(18)9-8-15(17)11-19/h3-10,13H,11-12,19H2,1-2H3. The molecule has 0 spiro atoms. The number of hydrogen-bond acceptors (Lipinski definition) is 2. The van der Waals surface area contributed by atoms with E-state index in [0.717, 1.165) is 11.0 Å². The Hall–Kier alpha value is -1.32. The van der Waals surface area contributed by atoms with Crippen molar-refractivity contribution in [3.63, 3.8) is 0 Å². The molecule has 0 aliphatic carbocycles. The van der Waals surface area contributed by atoms with Gasteiger partial charge in [-0.1, -0.05) is 52.3 Å². The van der Waals surface area contributed by atoms with Crippen molar-refractivity contribution in [2.24, 2.45) is 5.73 Å². The van der Waals surface area contributed by atoms with Crippen molar-refractivity contribution in [2.75, 3.05) is 4.90 Å². The Bertz CT molecular complexity index is 552. The van der Waals surface area contributed by atoms with Gasteiger partial charge in [0.2, 0.25) is 0 Å². The summed E-state index contributed by atoms with van der Waals surface area (Å²) >= 11 is 3.56. The van der Waals surface area contributed by atoms with Crippen molar-refractivity contribution in [2.45, 2.75) is 33.0 Å². The summed E-state index contributed by atoms with van der Waals surface area (Å²) in [6.45, 7) is 5.87. The monoisotopic (exact) mass is 332 g/mol. The summed E-state index contributed by atoms with van der Waals surface area (Å²) < 4.78 is 1.09. The van der Waals surface area contributed by atoms with Crippen LogP contribution in [-0.2, 0) is 13.1 Å². The van der Waals surface area contributed by atoms with Gasteiger partial charge in [-0.2, -0.15) is 0 Å². The van der Waals surface area contributed by atoms with Crippen LogP contribution in [0.4, 0.5) is 5.69 Å². The predicted octanol–water partition coefficient (Wildman–Crippen LogP) is 4.32. The number of rotatable bonds is 5. The number of benzene rings is 2. The van der Waals surface area contributed by atoms with Gasteiger partial charge in [-0.25, -0.2) is 0 Å². The molecule has 0 aliphatic heterocycles. The van der Waals surface area contributed by atoms with Gasteiger partial charge in [0.05, 0.1) is 0 Å². The highest BCUT2D eigenvalue weighted by atomic mass is 79.9. The van der Waals surface area contributed by atoms with Crippen LogP contribution in [0.2, 0.25) is 0 Å². The number of halogens is 1. The Labute approximate surface area is 129 Å². The smallest absolute Gasteiger partial charge is 0.0432 e. The molecule has 0 amide bonds. The van der Waals surface area contributed by atoms with Crippen LogP contribution in [0.5, 0.6) is 0 Å². The summed E-state index contributed by atoms with van der Waals surface area (Å²) in [5.41, 5.74) is 9.59. The molecule has 0 saturated heterocycles. The second-order valence-electron chi connectivity index (χ2n) is 5.18. The van der Waals surface area contributed by atoms with Crippen molar-refractivity contribution >= 4 is 21.6 Å². The Balaban J connectivity index is 2.36. The zero-order chi connectivity index (χ0) is 14.5. The molecular weight excluding hydrogens is 312 g/mol. The van der Waals surface area contributed by atoms with E-state index in [0.29, 0.717) is 12.6 Å². The molecule has 2 N–H and O–H groups in total. The van der Waals surface area contributed by atoms with E-state index in [4.69, 9.17) is 5.73 Å². The van der Waals surface area contributed by atoms with Crippen LogP contribution in [-0.4, -0.2) is 6.04 Å². The Kier molecular flexibility index (Phi) is 5.21. The third-order valence-corrected chi connectivity index (χ3v) is 3.89. The lowest BCUT2D eigenvalue weighted by Crippen LogP contribution is -2.31. The van der Waals surface area contributed by atoms with E-state index in [2.05, 4.69) is 71.1 Å². The zero-order valence-corrected chi connectivity index (χ0v) is 13.6. The summed E-state index contributed by atoms with van der Waals surface area (Å²) in [5.74, 6) is 0. The molecule has 0 heterocycles. The van der Waals surface area contributed by atoms with Gasteiger partial charge in [-0.15, -0.1) is 0 Å². The first-order chi connectivity index (χ1) is 9.61. The van der Waals surface area contributed by atoms with Gasteiger partial charge in [-0.05, 0) is 37.1 Å². The second-order valence-corrected chi connectivity index (χ2v) is 6.10. The highest BCUT2D eigenvalue weighted by molar-refractivity contribution is 9.10. The average molecular weight is 333 g/mol. The largest absolute Gasteiger partial charge is 0.364 e. The molecule has 3 heteroatoms. The van der Waals surface area contributed by atoms with Crippen LogP contribution in [0, 0.1) is 0 Å². The third kappa shape index (κ3) is 3.62. The fourth-order valence-corrected chi connectivity index (χ4v) is 2.65. The Morgan fingerprint density at radius 3 is 2.40 bits per heavy atom. The minimum atomic E-state index is 0.412. The first kappa shape index (κ1) is 15.1. The van der Waals surface area contributed by atoms with Crippen molar-refractivity contribution in [3.05, 3.63) is 64.1 Å². The summed E-state index contributed by atoms with van der Waals surface area (Å²) in [6.07, 6.45) is 0. The molecular formula is C17H21BrN2. The zero-order valence-electron chi connectivity index (χ0n) is 12.0. The van der Waals surface area contributed by atoms with E-state index in [1.54, 1.807) is 0 Å². The van der Waals surface area contributed by atoms with Gasteiger partial charge in [0.1, 0.15) is 0 Å². The molecule has 20 heavy (non-hydrogen) atoms. The highest BCUT2D eigenvalue weighted by Crippen LogP contribution is 2.28. The number of nitrogens with zero attached hydrogens (tertiary/aromatic N) is 1. The van der Waals surface area contributed by atoms with Gasteiger partial charge < -0.3 is 10.6 Å². The molecule has 2 rings (SSSR count). The van der Waals surface area contributed by atoms with Gasteiger partial charge >= 0.3 is 0 Å². The molecule has 0 aromatic heterocycles. The maximum Gasteiger partial charge on any atom is 0.0432 e. The first-order valence-electron chi connectivity index (χ1n) is 6.91. The maximum atomic E-state index is 5.89. The van der Waals surface area contributed by atoms with Crippen molar-refractivity contribution in [1.29, 1.82) is 0 Å². The molecule has 2 aromatic rings. The predicted molar refractivity (Wildman–Crippen MR) is 89.8 cm³/mol. The lowest BCUT2D eigenvalue weighted by molar-refractivity contribution is 0.678. The third-order valence-electron chi connectivity index (χ3n) is 3.40. The Morgan fingerprint density at radius 2 is 1.80 bits per heavy atom. The summed E-state index contributed by atoms with van der Waals surface area (Å²) in [5, 5.41) is 0. The van der Waals surface area contributed by atoms with E-state index >= 15 is 0 Å². The van der Waals surface area contributed by atoms with E-state index in [1.165, 1.54) is 16.8 Å². The minimum absolute atomic E-state index is 0.412. The van der Waals surface area contributed by atoms with Crippen LogP contribution >= 0.6 is 15.9 Å². The van der Waals surface area contributed by atoms with Crippen molar-refractivity contribution in [3.8, 4) is 0 Å². The lowest BCUT2D eigenvalue weighted by Gasteiger charge is -2.31. The average Bonchev–Trinajstić information content (AvgIpc) is 2.45. The lowest BCUT2D eigenvalue weighted by atomic mass is 10.1. The summed E-state index contributed by atoms with van der Waals surface area (Å²) in [4.78, 5) is 2.39. The van der Waals surface area contributed by atoms with E-state index in [1.807, 2.05) is 12.1 Å². The van der Waals surface area contributed by atoms with Gasteiger partial charge in [0.25, 0.3) is 0 Å². The normalized spacial score (nSPS) is 10.8. The minimum Gasteiger partial charge on any atom is -0.364 e. The summed E-state index contributed by atoms with van der Waals surface area (Å²) in [6, 6.07) is 17.3. The molecule has 0 aliphatic rings. The van der Waals surface area contributed by atoms with Crippen molar-refractivity contribution in [1.82, 2.24) is 0 Å². The van der Waals surface area contributed by atoms with Gasteiger partial charge in [0, 0.05) is 29.3 Å². The molecule has 2 aromatic carbocycles. The van der Waals surface area contributed by atoms with E-state index < -0.39 is 0 Å². The van der Waals surface area contributed by atoms with Gasteiger partial charge in [0.15, 0.2) is 0 Å². The number of anilines is 1. The number of nitrogens with two attached hydrogens (primary N) is 1. The number of hydrogen-bond donors (Lipinski definition) is 1. The molecule has 0 saturated carbocycles. The first-order valence-corrected chi connectivity index (χ1v) is 7.70. The van der Waals surface area contributed by atoms with Crippen LogP contribution in [0.3, 0.4) is 0 Å². The molecule has 0 atom stereocenters. The molecule has 0 fully saturated rings. The summed E-state index contributed by atoms with van der Waals surface area (Å²) in [7, 11) is 0. The van der Waals surface area contributed by atoms with Crippen molar-refractivity contribution < 1.29 is 0 Å². The van der Waals surface area contributed by atoms with Crippen LogP contribution in [0.1, 0.15) is 25.0 Å².